The molecule has 1 fully saturated rings. The summed E-state index contributed by atoms with van der Waals surface area (Å²) in [5.41, 5.74) is 7.82. The summed E-state index contributed by atoms with van der Waals surface area (Å²) >= 11 is 6.23. The second-order valence-corrected chi connectivity index (χ2v) is 5.39. The van der Waals surface area contributed by atoms with Crippen molar-refractivity contribution in [1.29, 1.82) is 0 Å². The van der Waals surface area contributed by atoms with E-state index in [0.29, 0.717) is 24.7 Å². The lowest BCUT2D eigenvalue weighted by atomic mass is 10.1. The molecule has 0 aliphatic carbocycles. The lowest BCUT2D eigenvalue weighted by molar-refractivity contribution is -0.125. The van der Waals surface area contributed by atoms with Crippen LogP contribution < -0.4 is 11.1 Å². The van der Waals surface area contributed by atoms with E-state index in [1.54, 1.807) is 11.7 Å². The van der Waals surface area contributed by atoms with Crippen molar-refractivity contribution in [2.75, 3.05) is 13.6 Å². The molecule has 0 spiro atoms. The van der Waals surface area contributed by atoms with E-state index in [1.807, 2.05) is 14.0 Å². The van der Waals surface area contributed by atoms with Crippen molar-refractivity contribution in [3.63, 3.8) is 0 Å². The smallest absolute Gasteiger partial charge is 0.237 e. The van der Waals surface area contributed by atoms with Gasteiger partial charge >= 0.3 is 0 Å². The fourth-order valence-electron chi connectivity index (χ4n) is 2.61. The van der Waals surface area contributed by atoms with Gasteiger partial charge in [-0.25, -0.2) is 0 Å². The molecule has 0 bridgehead atoms. The van der Waals surface area contributed by atoms with Crippen molar-refractivity contribution in [3.05, 3.63) is 16.4 Å². The molecule has 19 heavy (non-hydrogen) atoms. The largest absolute Gasteiger partial charge is 0.358 e. The van der Waals surface area contributed by atoms with Crippen LogP contribution in [0.25, 0.3) is 0 Å². The number of carbonyl (C=O) groups excluding carboxylic acids is 1. The van der Waals surface area contributed by atoms with Crippen molar-refractivity contribution in [1.82, 2.24) is 20.0 Å². The molecule has 1 aliphatic heterocycles. The molecule has 1 aromatic heterocycles. The van der Waals surface area contributed by atoms with E-state index < -0.39 is 0 Å². The van der Waals surface area contributed by atoms with Crippen molar-refractivity contribution < 1.29 is 4.79 Å². The van der Waals surface area contributed by atoms with E-state index in [2.05, 4.69) is 15.3 Å². The maximum atomic E-state index is 11.9. The van der Waals surface area contributed by atoms with E-state index in [0.717, 1.165) is 11.3 Å². The van der Waals surface area contributed by atoms with E-state index in [1.165, 1.54) is 0 Å². The Morgan fingerprint density at radius 1 is 1.63 bits per heavy atom. The van der Waals surface area contributed by atoms with Gasteiger partial charge in [-0.2, -0.15) is 5.10 Å². The first-order valence-corrected chi connectivity index (χ1v) is 6.71. The third kappa shape index (κ3) is 2.75. The standard InChI is InChI=1S/C12H20ClN5O/c1-7-9(11(13)17(3)16-7)6-18-5-8(14)4-10(18)12(19)15-2/h8,10H,4-6,14H2,1-3H3,(H,15,19)/t8-,10+/m1/s1. The summed E-state index contributed by atoms with van der Waals surface area (Å²) in [5, 5.41) is 7.59. The molecule has 1 amide bonds. The van der Waals surface area contributed by atoms with Gasteiger partial charge in [0.05, 0.1) is 11.7 Å². The van der Waals surface area contributed by atoms with Gasteiger partial charge in [0.25, 0.3) is 0 Å². The van der Waals surface area contributed by atoms with Crippen LogP contribution in [-0.4, -0.2) is 46.3 Å². The minimum Gasteiger partial charge on any atom is -0.358 e. The number of rotatable bonds is 3. The number of hydrogen-bond donors (Lipinski definition) is 2. The second-order valence-electron chi connectivity index (χ2n) is 5.03. The van der Waals surface area contributed by atoms with Crippen LogP contribution in [0.3, 0.4) is 0 Å². The molecule has 2 atom stereocenters. The zero-order valence-corrected chi connectivity index (χ0v) is 12.2. The first-order valence-electron chi connectivity index (χ1n) is 6.33. The molecule has 3 N–H and O–H groups in total. The second kappa shape index (κ2) is 5.48. The SMILES string of the molecule is CNC(=O)[C@@H]1C[C@@H](N)CN1Cc1c(C)nn(C)c1Cl. The summed E-state index contributed by atoms with van der Waals surface area (Å²) < 4.78 is 1.65. The predicted octanol–water partition coefficient (Wildman–Crippen LogP) is 0.0295. The third-order valence-electron chi connectivity index (χ3n) is 3.62. The number of likely N-dealkylation sites (N-methyl/N-ethyl adjacent to an activating group) is 1. The zero-order valence-electron chi connectivity index (χ0n) is 11.5. The van der Waals surface area contributed by atoms with Gasteiger partial charge in [-0.1, -0.05) is 11.6 Å². The maximum Gasteiger partial charge on any atom is 0.237 e. The Bertz CT molecular complexity index is 487. The molecule has 2 rings (SSSR count). The predicted molar refractivity (Wildman–Crippen MR) is 73.8 cm³/mol. The Balaban J connectivity index is 2.19. The van der Waals surface area contributed by atoms with Crippen LogP contribution in [0.15, 0.2) is 0 Å². The van der Waals surface area contributed by atoms with Gasteiger partial charge in [-0.05, 0) is 13.3 Å². The fourth-order valence-corrected chi connectivity index (χ4v) is 2.84. The van der Waals surface area contributed by atoms with Crippen molar-refractivity contribution in [2.45, 2.75) is 32.0 Å². The van der Waals surface area contributed by atoms with Gasteiger partial charge in [0.2, 0.25) is 5.91 Å². The topological polar surface area (TPSA) is 76.2 Å². The summed E-state index contributed by atoms with van der Waals surface area (Å²) in [4.78, 5) is 13.9. The number of carbonyl (C=O) groups is 1. The van der Waals surface area contributed by atoms with Crippen LogP contribution in [0.1, 0.15) is 17.7 Å². The number of nitrogens with one attached hydrogen (secondary N) is 1. The Kier molecular flexibility index (Phi) is 4.13. The number of likely N-dealkylation sites (tertiary alicyclic amines) is 1. The number of nitrogens with two attached hydrogens (primary N) is 1. The fraction of sp³-hybridized carbons (Fsp3) is 0.667. The molecule has 1 aliphatic rings. The van der Waals surface area contributed by atoms with E-state index in [9.17, 15) is 4.79 Å². The van der Waals surface area contributed by atoms with Gasteiger partial charge in [0.1, 0.15) is 5.15 Å². The molecule has 7 heteroatoms. The molecular formula is C12H20ClN5O. The minimum absolute atomic E-state index is 0.00520. The molecular weight excluding hydrogens is 266 g/mol. The van der Waals surface area contributed by atoms with Gasteiger partial charge < -0.3 is 11.1 Å². The third-order valence-corrected chi connectivity index (χ3v) is 4.09. The van der Waals surface area contributed by atoms with E-state index in [-0.39, 0.29) is 18.0 Å². The molecule has 0 unspecified atom stereocenters. The Morgan fingerprint density at radius 3 is 2.84 bits per heavy atom. The summed E-state index contributed by atoms with van der Waals surface area (Å²) in [5.74, 6) is 0.00520. The highest BCUT2D eigenvalue weighted by Gasteiger charge is 2.35. The molecule has 6 nitrogen and oxygen atoms in total. The number of nitrogens with zero attached hydrogens (tertiary/aromatic N) is 3. The molecule has 2 heterocycles. The molecule has 106 valence electrons. The average Bonchev–Trinajstić information content (AvgIpc) is 2.84. The molecule has 1 saturated heterocycles. The summed E-state index contributed by atoms with van der Waals surface area (Å²) in [6.07, 6.45) is 0.677. The Hall–Kier alpha value is -1.11. The Labute approximate surface area is 117 Å². The summed E-state index contributed by atoms with van der Waals surface area (Å²) in [7, 11) is 3.46. The van der Waals surface area contributed by atoms with E-state index >= 15 is 0 Å². The van der Waals surface area contributed by atoms with Gasteiger partial charge in [0.15, 0.2) is 0 Å². The van der Waals surface area contributed by atoms with Gasteiger partial charge in [-0.3, -0.25) is 14.4 Å². The number of aromatic nitrogens is 2. The molecule has 1 aromatic rings. The highest BCUT2D eigenvalue weighted by Crippen LogP contribution is 2.25. The average molecular weight is 286 g/mol. The molecule has 0 radical (unpaired) electrons. The number of aryl methyl sites for hydroxylation is 2. The first kappa shape index (κ1) is 14.3. The molecule has 0 aromatic carbocycles. The first-order chi connectivity index (χ1) is 8.93. The quantitative estimate of drug-likeness (QED) is 0.822. The number of halogens is 1. The highest BCUT2D eigenvalue weighted by atomic mass is 35.5. The number of hydrogen-bond acceptors (Lipinski definition) is 4. The van der Waals surface area contributed by atoms with Gasteiger partial charge in [-0.15, -0.1) is 0 Å². The van der Waals surface area contributed by atoms with Crippen LogP contribution >= 0.6 is 11.6 Å². The molecule has 0 saturated carbocycles. The lowest BCUT2D eigenvalue weighted by Crippen LogP contribution is -2.41. The van der Waals surface area contributed by atoms with Crippen LogP contribution in [0, 0.1) is 6.92 Å². The van der Waals surface area contributed by atoms with Crippen LogP contribution in [0.2, 0.25) is 5.15 Å². The van der Waals surface area contributed by atoms with Crippen LogP contribution in [-0.2, 0) is 18.4 Å². The summed E-state index contributed by atoms with van der Waals surface area (Å²) in [6.45, 7) is 3.22. The Morgan fingerprint density at radius 2 is 2.32 bits per heavy atom. The van der Waals surface area contributed by atoms with Crippen LogP contribution in [0.4, 0.5) is 0 Å². The van der Waals surface area contributed by atoms with Crippen LogP contribution in [0.5, 0.6) is 0 Å². The zero-order chi connectivity index (χ0) is 14.2. The maximum absolute atomic E-state index is 11.9. The van der Waals surface area contributed by atoms with E-state index in [4.69, 9.17) is 17.3 Å². The monoisotopic (exact) mass is 285 g/mol. The normalized spacial score (nSPS) is 23.8. The highest BCUT2D eigenvalue weighted by molar-refractivity contribution is 6.30. The van der Waals surface area contributed by atoms with Crippen molar-refractivity contribution in [3.8, 4) is 0 Å². The van der Waals surface area contributed by atoms with Gasteiger partial charge in [0, 0.05) is 38.8 Å². The summed E-state index contributed by atoms with van der Waals surface area (Å²) in [6, 6.07) is -0.159. The number of amides is 1. The van der Waals surface area contributed by atoms with Crippen molar-refractivity contribution >= 4 is 17.5 Å². The lowest BCUT2D eigenvalue weighted by Gasteiger charge is -2.22. The van der Waals surface area contributed by atoms with Crippen molar-refractivity contribution in [2.24, 2.45) is 12.8 Å². The minimum atomic E-state index is -0.185.